The van der Waals surface area contributed by atoms with Crippen LogP contribution >= 0.6 is 0 Å². The van der Waals surface area contributed by atoms with Crippen LogP contribution in [0.5, 0.6) is 5.75 Å². The van der Waals surface area contributed by atoms with Crippen molar-refractivity contribution >= 4 is 21.9 Å². The average Bonchev–Trinajstić information content (AvgIpc) is 2.78. The van der Waals surface area contributed by atoms with Gasteiger partial charge in [0.25, 0.3) is 0 Å². The lowest BCUT2D eigenvalue weighted by molar-refractivity contribution is -0.126. The maximum atomic E-state index is 13.1. The number of esters is 1. The third-order valence-electron chi connectivity index (χ3n) is 5.36. The van der Waals surface area contributed by atoms with E-state index in [1.54, 1.807) is 30.3 Å². The van der Waals surface area contributed by atoms with Crippen molar-refractivity contribution in [1.82, 2.24) is 9.62 Å². The van der Waals surface area contributed by atoms with Crippen LogP contribution in [0, 0.1) is 5.92 Å². The zero-order valence-electron chi connectivity index (χ0n) is 17.3. The van der Waals surface area contributed by atoms with E-state index in [-0.39, 0.29) is 41.1 Å². The minimum atomic E-state index is -3.88. The lowest BCUT2D eigenvalue weighted by Crippen LogP contribution is -2.43. The van der Waals surface area contributed by atoms with Crippen molar-refractivity contribution < 1.29 is 27.9 Å². The lowest BCUT2D eigenvalue weighted by Gasteiger charge is -2.31. The van der Waals surface area contributed by atoms with Gasteiger partial charge in [0.2, 0.25) is 15.9 Å². The van der Waals surface area contributed by atoms with Crippen molar-refractivity contribution in [3.8, 4) is 5.75 Å². The highest BCUT2D eigenvalue weighted by Crippen LogP contribution is 2.26. The molecule has 2 N–H and O–H groups in total. The standard InChI is InChI=1S/C22H26N2O6S/c1-30-22(27)19-7-2-3-8-20(19)31(28,29)24-13-10-17(11-14-24)21(26)23-12-9-16-5-4-6-18(25)15-16/h2-8,15,17,25H,9-14H2,1H3,(H,23,26). The Morgan fingerprint density at radius 2 is 1.84 bits per heavy atom. The highest BCUT2D eigenvalue weighted by Gasteiger charge is 2.34. The molecular formula is C22H26N2O6S. The molecule has 1 fully saturated rings. The second kappa shape index (κ2) is 9.93. The number of carbonyl (C=O) groups is 2. The Kier molecular flexibility index (Phi) is 7.29. The Morgan fingerprint density at radius 3 is 2.52 bits per heavy atom. The number of ether oxygens (including phenoxy) is 1. The van der Waals surface area contributed by atoms with E-state index in [2.05, 4.69) is 5.32 Å². The van der Waals surface area contributed by atoms with E-state index in [9.17, 15) is 23.1 Å². The summed E-state index contributed by atoms with van der Waals surface area (Å²) in [5.74, 6) is -0.898. The molecule has 0 unspecified atom stereocenters. The van der Waals surface area contributed by atoms with Crippen molar-refractivity contribution in [1.29, 1.82) is 0 Å². The Balaban J connectivity index is 1.56. The van der Waals surface area contributed by atoms with E-state index < -0.39 is 16.0 Å². The molecule has 31 heavy (non-hydrogen) atoms. The zero-order valence-corrected chi connectivity index (χ0v) is 18.1. The van der Waals surface area contributed by atoms with Gasteiger partial charge in [-0.2, -0.15) is 4.31 Å². The number of benzene rings is 2. The predicted octanol–water partition coefficient (Wildman–Crippen LogP) is 1.94. The molecule has 2 aromatic carbocycles. The monoisotopic (exact) mass is 446 g/mol. The van der Waals surface area contributed by atoms with Crippen LogP contribution in [0.4, 0.5) is 0 Å². The van der Waals surface area contributed by atoms with E-state index in [0.29, 0.717) is 25.8 Å². The number of phenols is 1. The van der Waals surface area contributed by atoms with E-state index in [1.807, 2.05) is 6.07 Å². The number of phenolic OH excluding ortho intramolecular Hbond substituents is 1. The van der Waals surface area contributed by atoms with E-state index >= 15 is 0 Å². The third-order valence-corrected chi connectivity index (χ3v) is 7.32. The number of hydrogen-bond donors (Lipinski definition) is 2. The molecule has 0 bridgehead atoms. The van der Waals surface area contributed by atoms with Gasteiger partial charge in [-0.25, -0.2) is 13.2 Å². The Bertz CT molecular complexity index is 1050. The van der Waals surface area contributed by atoms with E-state index in [0.717, 1.165) is 5.56 Å². The van der Waals surface area contributed by atoms with Crippen molar-refractivity contribution in [2.24, 2.45) is 5.92 Å². The molecule has 0 spiro atoms. The normalized spacial score (nSPS) is 15.4. The Morgan fingerprint density at radius 1 is 1.13 bits per heavy atom. The summed E-state index contributed by atoms with van der Waals surface area (Å²) in [5.41, 5.74) is 0.919. The van der Waals surface area contributed by atoms with Gasteiger partial charge in [-0.3, -0.25) is 4.79 Å². The van der Waals surface area contributed by atoms with Crippen molar-refractivity contribution in [2.75, 3.05) is 26.7 Å². The van der Waals surface area contributed by atoms with Gasteiger partial charge in [-0.05, 0) is 49.1 Å². The number of methoxy groups -OCH3 is 1. The number of sulfonamides is 1. The molecule has 0 radical (unpaired) electrons. The smallest absolute Gasteiger partial charge is 0.339 e. The molecule has 9 heteroatoms. The quantitative estimate of drug-likeness (QED) is 0.629. The molecule has 166 valence electrons. The second-order valence-corrected chi connectivity index (χ2v) is 9.28. The molecular weight excluding hydrogens is 420 g/mol. The summed E-state index contributed by atoms with van der Waals surface area (Å²) in [6.45, 7) is 0.832. The first kappa shape index (κ1) is 22.8. The zero-order chi connectivity index (χ0) is 22.4. The molecule has 3 rings (SSSR count). The number of nitrogens with zero attached hydrogens (tertiary/aromatic N) is 1. The molecule has 8 nitrogen and oxygen atoms in total. The number of piperidine rings is 1. The van der Waals surface area contributed by atoms with Gasteiger partial charge < -0.3 is 15.2 Å². The molecule has 0 saturated carbocycles. The lowest BCUT2D eigenvalue weighted by atomic mass is 9.97. The molecule has 1 heterocycles. The first-order chi connectivity index (χ1) is 14.8. The van der Waals surface area contributed by atoms with Gasteiger partial charge in [-0.1, -0.05) is 24.3 Å². The van der Waals surface area contributed by atoms with Crippen LogP contribution in [0.25, 0.3) is 0 Å². The second-order valence-electron chi connectivity index (χ2n) is 7.38. The maximum absolute atomic E-state index is 13.1. The number of rotatable bonds is 7. The number of amides is 1. The first-order valence-corrected chi connectivity index (χ1v) is 11.5. The number of nitrogens with one attached hydrogen (secondary N) is 1. The highest BCUT2D eigenvalue weighted by atomic mass is 32.2. The average molecular weight is 447 g/mol. The molecule has 1 amide bonds. The predicted molar refractivity (Wildman–Crippen MR) is 114 cm³/mol. The maximum Gasteiger partial charge on any atom is 0.339 e. The molecule has 0 aliphatic carbocycles. The summed E-state index contributed by atoms with van der Waals surface area (Å²) >= 11 is 0. The van der Waals surface area contributed by atoms with Gasteiger partial charge in [-0.15, -0.1) is 0 Å². The van der Waals surface area contributed by atoms with Crippen LogP contribution in [0.15, 0.2) is 53.4 Å². The molecule has 1 aliphatic heterocycles. The van der Waals surface area contributed by atoms with Crippen molar-refractivity contribution in [3.63, 3.8) is 0 Å². The van der Waals surface area contributed by atoms with Gasteiger partial charge in [0, 0.05) is 25.6 Å². The molecule has 2 aromatic rings. The fourth-order valence-electron chi connectivity index (χ4n) is 3.65. The van der Waals surface area contributed by atoms with Crippen molar-refractivity contribution in [3.05, 3.63) is 59.7 Å². The Hall–Kier alpha value is -2.91. The van der Waals surface area contributed by atoms with E-state index in [4.69, 9.17) is 4.74 Å². The highest BCUT2D eigenvalue weighted by molar-refractivity contribution is 7.89. The summed E-state index contributed by atoms with van der Waals surface area (Å²) in [7, 11) is -2.67. The first-order valence-electron chi connectivity index (χ1n) is 10.1. The van der Waals surface area contributed by atoms with Crippen LogP contribution in [0.1, 0.15) is 28.8 Å². The SMILES string of the molecule is COC(=O)c1ccccc1S(=O)(=O)N1CCC(C(=O)NCCc2cccc(O)c2)CC1. The van der Waals surface area contributed by atoms with Crippen molar-refractivity contribution in [2.45, 2.75) is 24.2 Å². The number of hydrogen-bond acceptors (Lipinski definition) is 6. The summed E-state index contributed by atoms with van der Waals surface area (Å²) in [6.07, 6.45) is 1.40. The van der Waals surface area contributed by atoms with Crippen LogP contribution in [0.3, 0.4) is 0 Å². The molecule has 1 saturated heterocycles. The minimum absolute atomic E-state index is 0.00295. The topological polar surface area (TPSA) is 113 Å². The van der Waals surface area contributed by atoms with Gasteiger partial charge in [0.15, 0.2) is 0 Å². The summed E-state index contributed by atoms with van der Waals surface area (Å²) in [4.78, 5) is 24.3. The molecule has 1 aliphatic rings. The number of carbonyl (C=O) groups excluding carboxylic acids is 2. The van der Waals surface area contributed by atoms with Crippen LogP contribution in [-0.2, 0) is 26.0 Å². The fourth-order valence-corrected chi connectivity index (χ4v) is 5.30. The fraction of sp³-hybridized carbons (Fsp3) is 0.364. The van der Waals surface area contributed by atoms with Crippen LogP contribution < -0.4 is 5.32 Å². The summed E-state index contributed by atoms with van der Waals surface area (Å²) in [6, 6.07) is 12.8. The van der Waals surface area contributed by atoms with Gasteiger partial charge in [0.1, 0.15) is 5.75 Å². The Labute approximate surface area is 181 Å². The van der Waals surface area contributed by atoms with Gasteiger partial charge in [0.05, 0.1) is 17.6 Å². The minimum Gasteiger partial charge on any atom is -0.508 e. The molecule has 0 aromatic heterocycles. The van der Waals surface area contributed by atoms with Crippen LogP contribution in [0.2, 0.25) is 0 Å². The summed E-state index contributed by atoms with van der Waals surface area (Å²) < 4.78 is 32.1. The van der Waals surface area contributed by atoms with Crippen LogP contribution in [-0.4, -0.2) is 56.5 Å². The largest absolute Gasteiger partial charge is 0.508 e. The number of aromatic hydroxyl groups is 1. The summed E-state index contributed by atoms with van der Waals surface area (Å²) in [5, 5.41) is 12.4. The van der Waals surface area contributed by atoms with Gasteiger partial charge >= 0.3 is 5.97 Å². The third kappa shape index (κ3) is 5.42. The van der Waals surface area contributed by atoms with E-state index in [1.165, 1.54) is 23.5 Å². The molecule has 0 atom stereocenters.